The second-order valence-electron chi connectivity index (χ2n) is 8.77. The number of thioether (sulfide) groups is 1. The van der Waals surface area contributed by atoms with E-state index in [0.717, 1.165) is 28.9 Å². The van der Waals surface area contributed by atoms with Gasteiger partial charge in [0.2, 0.25) is 11.8 Å². The summed E-state index contributed by atoms with van der Waals surface area (Å²) in [4.78, 5) is 29.9. The van der Waals surface area contributed by atoms with E-state index >= 15 is 0 Å². The predicted molar refractivity (Wildman–Crippen MR) is 145 cm³/mol. The Morgan fingerprint density at radius 2 is 1.54 bits per heavy atom. The number of carbonyl (C=O) groups excluding carboxylic acids is 2. The molecular formula is C30H36N2O2S. The van der Waals surface area contributed by atoms with Crippen LogP contribution < -0.4 is 5.32 Å². The van der Waals surface area contributed by atoms with E-state index in [9.17, 15) is 9.59 Å². The van der Waals surface area contributed by atoms with Crippen LogP contribution in [-0.2, 0) is 22.6 Å². The summed E-state index contributed by atoms with van der Waals surface area (Å²) < 4.78 is 0. The second-order valence-corrected chi connectivity index (χ2v) is 9.94. The Morgan fingerprint density at radius 1 is 0.886 bits per heavy atom. The molecule has 184 valence electrons. The zero-order valence-corrected chi connectivity index (χ0v) is 21.6. The lowest BCUT2D eigenvalue weighted by molar-refractivity contribution is -0.141. The summed E-state index contributed by atoms with van der Waals surface area (Å²) in [5.41, 5.74) is 3.24. The molecule has 0 aliphatic rings. The molecule has 0 aliphatic heterocycles. The summed E-state index contributed by atoms with van der Waals surface area (Å²) in [7, 11) is 0. The number of rotatable bonds is 13. The van der Waals surface area contributed by atoms with Crippen molar-refractivity contribution in [2.75, 3.05) is 12.3 Å². The quantitative estimate of drug-likeness (QED) is 0.236. The van der Waals surface area contributed by atoms with Gasteiger partial charge in [0.15, 0.2) is 0 Å². The van der Waals surface area contributed by atoms with E-state index in [1.54, 1.807) is 16.7 Å². The first-order valence-electron chi connectivity index (χ1n) is 12.4. The molecule has 0 heterocycles. The fourth-order valence-corrected chi connectivity index (χ4v) is 4.73. The zero-order chi connectivity index (χ0) is 24.9. The molecule has 0 radical (unpaired) electrons. The first kappa shape index (κ1) is 26.6. The van der Waals surface area contributed by atoms with E-state index in [1.807, 2.05) is 67.6 Å². The number of amides is 2. The van der Waals surface area contributed by atoms with Crippen LogP contribution in [0.2, 0.25) is 0 Å². The molecule has 0 aliphatic carbocycles. The number of carbonyl (C=O) groups is 2. The third-order valence-electron chi connectivity index (χ3n) is 5.90. The molecule has 3 aromatic rings. The van der Waals surface area contributed by atoms with Gasteiger partial charge in [0, 0.05) is 36.6 Å². The van der Waals surface area contributed by atoms with Gasteiger partial charge >= 0.3 is 0 Å². The van der Waals surface area contributed by atoms with Gasteiger partial charge in [0.05, 0.1) is 0 Å². The third kappa shape index (κ3) is 8.91. The minimum Gasteiger partial charge on any atom is -0.354 e. The smallest absolute Gasteiger partial charge is 0.243 e. The molecule has 1 N–H and O–H groups in total. The van der Waals surface area contributed by atoms with Crippen LogP contribution in [0.15, 0.2) is 89.8 Å². The highest BCUT2D eigenvalue weighted by atomic mass is 32.2. The van der Waals surface area contributed by atoms with Gasteiger partial charge in [-0.25, -0.2) is 0 Å². The van der Waals surface area contributed by atoms with Crippen molar-refractivity contribution in [1.29, 1.82) is 0 Å². The van der Waals surface area contributed by atoms with Crippen molar-refractivity contribution in [3.63, 3.8) is 0 Å². The summed E-state index contributed by atoms with van der Waals surface area (Å²) in [6.07, 6.45) is 2.79. The third-order valence-corrected chi connectivity index (χ3v) is 6.92. The first-order valence-corrected chi connectivity index (χ1v) is 13.4. The van der Waals surface area contributed by atoms with Gasteiger partial charge in [0.1, 0.15) is 6.04 Å². The Kier molecular flexibility index (Phi) is 10.9. The molecule has 0 saturated heterocycles. The molecule has 5 heteroatoms. The van der Waals surface area contributed by atoms with Crippen LogP contribution in [0, 0.1) is 6.92 Å². The summed E-state index contributed by atoms with van der Waals surface area (Å²) >= 11 is 1.67. The Morgan fingerprint density at radius 3 is 2.20 bits per heavy atom. The highest BCUT2D eigenvalue weighted by Crippen LogP contribution is 2.21. The van der Waals surface area contributed by atoms with E-state index in [4.69, 9.17) is 0 Å². The van der Waals surface area contributed by atoms with Crippen LogP contribution in [0.1, 0.15) is 42.9 Å². The molecule has 35 heavy (non-hydrogen) atoms. The highest BCUT2D eigenvalue weighted by molar-refractivity contribution is 7.99. The molecule has 0 fully saturated rings. The number of aryl methyl sites for hydroxylation is 1. The topological polar surface area (TPSA) is 49.4 Å². The molecule has 2 amide bonds. The second kappa shape index (κ2) is 14.4. The zero-order valence-electron chi connectivity index (χ0n) is 20.8. The summed E-state index contributed by atoms with van der Waals surface area (Å²) in [5, 5.41) is 3.08. The maximum absolute atomic E-state index is 13.6. The lowest BCUT2D eigenvalue weighted by Crippen LogP contribution is -2.50. The maximum Gasteiger partial charge on any atom is 0.243 e. The molecule has 3 rings (SSSR count). The fraction of sp³-hybridized carbons (Fsp3) is 0.333. The first-order chi connectivity index (χ1) is 17.1. The number of nitrogens with one attached hydrogen (secondary N) is 1. The molecule has 0 spiro atoms. The van der Waals surface area contributed by atoms with Gasteiger partial charge in [-0.3, -0.25) is 9.59 Å². The minimum atomic E-state index is -0.565. The summed E-state index contributed by atoms with van der Waals surface area (Å²) in [5.74, 6) is 0.585. The minimum absolute atomic E-state index is 0.000536. The van der Waals surface area contributed by atoms with Crippen LogP contribution >= 0.6 is 11.8 Å². The largest absolute Gasteiger partial charge is 0.354 e. The van der Waals surface area contributed by atoms with Crippen molar-refractivity contribution in [2.45, 2.75) is 57.0 Å². The average molecular weight is 489 g/mol. The van der Waals surface area contributed by atoms with Crippen molar-refractivity contribution in [3.05, 3.63) is 102 Å². The van der Waals surface area contributed by atoms with E-state index in [-0.39, 0.29) is 11.8 Å². The van der Waals surface area contributed by atoms with Crippen molar-refractivity contribution >= 4 is 23.6 Å². The van der Waals surface area contributed by atoms with Gasteiger partial charge in [0.25, 0.3) is 0 Å². The normalized spacial score (nSPS) is 11.6. The Labute approximate surface area is 214 Å². The highest BCUT2D eigenvalue weighted by Gasteiger charge is 2.30. The Hall–Kier alpha value is -3.05. The number of nitrogens with zero attached hydrogens (tertiary/aromatic N) is 1. The van der Waals surface area contributed by atoms with Gasteiger partial charge in [-0.1, -0.05) is 91.7 Å². The number of unbranched alkanes of at least 4 members (excludes halogenated alkanes) is 1. The summed E-state index contributed by atoms with van der Waals surface area (Å²) in [6, 6.07) is 27.7. The van der Waals surface area contributed by atoms with Crippen molar-refractivity contribution in [2.24, 2.45) is 0 Å². The molecule has 4 nitrogen and oxygen atoms in total. The monoisotopic (exact) mass is 488 g/mol. The van der Waals surface area contributed by atoms with Crippen LogP contribution in [-0.4, -0.2) is 35.1 Å². The number of hydrogen-bond acceptors (Lipinski definition) is 3. The number of benzene rings is 3. The van der Waals surface area contributed by atoms with E-state index < -0.39 is 6.04 Å². The van der Waals surface area contributed by atoms with Crippen LogP contribution in [0.4, 0.5) is 0 Å². The standard InChI is InChI=1S/C30H36N2O2S/c1-3-4-20-31-30(34)28(22-25-11-7-5-8-12-25)32(23-26-17-15-24(2)16-18-26)29(33)19-21-35-27-13-9-6-10-14-27/h5-18,28H,3-4,19-23H2,1-2H3,(H,31,34)/t28-/m1/s1. The Bertz CT molecular complexity index is 1040. The lowest BCUT2D eigenvalue weighted by Gasteiger charge is -2.31. The van der Waals surface area contributed by atoms with Crippen molar-refractivity contribution in [3.8, 4) is 0 Å². The van der Waals surface area contributed by atoms with Crippen LogP contribution in [0.25, 0.3) is 0 Å². The van der Waals surface area contributed by atoms with Gasteiger partial charge in [-0.2, -0.15) is 0 Å². The van der Waals surface area contributed by atoms with Gasteiger partial charge in [-0.15, -0.1) is 11.8 Å². The average Bonchev–Trinajstić information content (AvgIpc) is 2.88. The molecule has 0 saturated carbocycles. The van der Waals surface area contributed by atoms with E-state index in [1.165, 1.54) is 5.56 Å². The summed E-state index contributed by atoms with van der Waals surface area (Å²) in [6.45, 7) is 5.18. The molecule has 3 aromatic carbocycles. The van der Waals surface area contributed by atoms with E-state index in [2.05, 4.69) is 36.5 Å². The van der Waals surface area contributed by atoms with Crippen LogP contribution in [0.3, 0.4) is 0 Å². The van der Waals surface area contributed by atoms with Crippen molar-refractivity contribution < 1.29 is 9.59 Å². The van der Waals surface area contributed by atoms with Gasteiger partial charge < -0.3 is 10.2 Å². The lowest BCUT2D eigenvalue weighted by atomic mass is 10.0. The number of hydrogen-bond donors (Lipinski definition) is 1. The van der Waals surface area contributed by atoms with Crippen molar-refractivity contribution in [1.82, 2.24) is 10.2 Å². The fourth-order valence-electron chi connectivity index (χ4n) is 3.87. The molecule has 0 bridgehead atoms. The molecule has 0 unspecified atom stereocenters. The van der Waals surface area contributed by atoms with Gasteiger partial charge in [-0.05, 0) is 36.6 Å². The maximum atomic E-state index is 13.6. The van der Waals surface area contributed by atoms with Crippen LogP contribution in [0.5, 0.6) is 0 Å². The molecule has 0 aromatic heterocycles. The molecule has 1 atom stereocenters. The predicted octanol–water partition coefficient (Wildman–Crippen LogP) is 6.03. The SMILES string of the molecule is CCCCNC(=O)[C@@H](Cc1ccccc1)N(Cc1ccc(C)cc1)C(=O)CCSc1ccccc1. The Balaban J connectivity index is 1.82. The van der Waals surface area contributed by atoms with E-state index in [0.29, 0.717) is 31.7 Å². The molecular weight excluding hydrogens is 452 g/mol.